The topological polar surface area (TPSA) is 30.5 Å². The van der Waals surface area contributed by atoms with E-state index in [2.05, 4.69) is 26.1 Å². The maximum atomic E-state index is 6.01. The van der Waals surface area contributed by atoms with Gasteiger partial charge in [0.1, 0.15) is 0 Å². The van der Waals surface area contributed by atoms with Crippen LogP contribution in [0.25, 0.3) is 0 Å². The molecule has 2 heterocycles. The molecular formula is C14H27NO2. The molecule has 0 spiro atoms. The molecule has 0 aromatic carbocycles. The van der Waals surface area contributed by atoms with Crippen molar-refractivity contribution in [1.29, 1.82) is 0 Å². The van der Waals surface area contributed by atoms with Crippen molar-refractivity contribution in [1.82, 2.24) is 5.32 Å². The second-order valence-electron chi connectivity index (χ2n) is 5.57. The Morgan fingerprint density at radius 1 is 1.18 bits per heavy atom. The van der Waals surface area contributed by atoms with Crippen molar-refractivity contribution in [3.8, 4) is 0 Å². The molecule has 100 valence electrons. The van der Waals surface area contributed by atoms with Crippen molar-refractivity contribution in [2.24, 2.45) is 0 Å². The lowest BCUT2D eigenvalue weighted by Crippen LogP contribution is -2.50. The molecule has 3 unspecified atom stereocenters. The van der Waals surface area contributed by atoms with E-state index in [-0.39, 0.29) is 5.60 Å². The van der Waals surface area contributed by atoms with Gasteiger partial charge in [-0.25, -0.2) is 0 Å². The molecule has 2 aliphatic rings. The third-order valence-electron chi connectivity index (χ3n) is 4.61. The fraction of sp³-hybridized carbons (Fsp3) is 1.00. The first-order chi connectivity index (χ1) is 8.19. The Morgan fingerprint density at radius 3 is 2.53 bits per heavy atom. The summed E-state index contributed by atoms with van der Waals surface area (Å²) in [5.74, 6) is 0. The molecule has 3 heteroatoms. The summed E-state index contributed by atoms with van der Waals surface area (Å²) in [7, 11) is 0. The predicted octanol–water partition coefficient (Wildman–Crippen LogP) is 2.49. The van der Waals surface area contributed by atoms with Crippen molar-refractivity contribution in [2.75, 3.05) is 13.2 Å². The number of ether oxygens (including phenoxy) is 2. The molecule has 0 radical (unpaired) electrons. The van der Waals surface area contributed by atoms with Gasteiger partial charge < -0.3 is 14.8 Å². The van der Waals surface area contributed by atoms with Crippen LogP contribution in [0.5, 0.6) is 0 Å². The van der Waals surface area contributed by atoms with E-state index >= 15 is 0 Å². The molecule has 0 aromatic rings. The van der Waals surface area contributed by atoms with Crippen LogP contribution in [0.2, 0.25) is 0 Å². The van der Waals surface area contributed by atoms with E-state index in [9.17, 15) is 0 Å². The number of nitrogens with one attached hydrogen (secondary N) is 1. The Balaban J connectivity index is 1.88. The van der Waals surface area contributed by atoms with Crippen molar-refractivity contribution >= 4 is 0 Å². The van der Waals surface area contributed by atoms with Gasteiger partial charge >= 0.3 is 0 Å². The quantitative estimate of drug-likeness (QED) is 0.820. The lowest BCUT2D eigenvalue weighted by Gasteiger charge is -2.41. The van der Waals surface area contributed by atoms with Crippen LogP contribution in [0, 0.1) is 0 Å². The van der Waals surface area contributed by atoms with Gasteiger partial charge in [0, 0.05) is 25.3 Å². The summed E-state index contributed by atoms with van der Waals surface area (Å²) in [4.78, 5) is 0. The zero-order chi connectivity index (χ0) is 12.3. The fourth-order valence-electron chi connectivity index (χ4n) is 3.17. The lowest BCUT2D eigenvalue weighted by atomic mass is 9.85. The van der Waals surface area contributed by atoms with E-state index < -0.39 is 0 Å². The molecule has 0 aromatic heterocycles. The molecule has 2 fully saturated rings. The van der Waals surface area contributed by atoms with Gasteiger partial charge in [0.05, 0.1) is 11.7 Å². The summed E-state index contributed by atoms with van der Waals surface area (Å²) in [6.07, 6.45) is 6.07. The predicted molar refractivity (Wildman–Crippen MR) is 69.2 cm³/mol. The normalized spacial score (nSPS) is 37.2. The highest BCUT2D eigenvalue weighted by Crippen LogP contribution is 2.32. The Labute approximate surface area is 105 Å². The summed E-state index contributed by atoms with van der Waals surface area (Å²) >= 11 is 0. The molecule has 2 rings (SSSR count). The highest BCUT2D eigenvalue weighted by molar-refractivity contribution is 4.91. The van der Waals surface area contributed by atoms with Crippen molar-refractivity contribution in [3.63, 3.8) is 0 Å². The zero-order valence-corrected chi connectivity index (χ0v) is 11.5. The van der Waals surface area contributed by atoms with Crippen molar-refractivity contribution in [3.05, 3.63) is 0 Å². The third-order valence-corrected chi connectivity index (χ3v) is 4.61. The number of rotatable bonds is 4. The largest absolute Gasteiger partial charge is 0.377 e. The SMILES string of the molecule is CCC1(CC)CC(NC2CCOC2C)CCO1. The van der Waals surface area contributed by atoms with Crippen LogP contribution in [0.4, 0.5) is 0 Å². The van der Waals surface area contributed by atoms with Gasteiger partial charge in [0.25, 0.3) is 0 Å². The second-order valence-corrected chi connectivity index (χ2v) is 5.57. The summed E-state index contributed by atoms with van der Waals surface area (Å²) in [6, 6.07) is 1.15. The molecule has 0 amide bonds. The minimum atomic E-state index is 0.124. The monoisotopic (exact) mass is 241 g/mol. The zero-order valence-electron chi connectivity index (χ0n) is 11.5. The van der Waals surface area contributed by atoms with Crippen LogP contribution in [0.1, 0.15) is 52.9 Å². The van der Waals surface area contributed by atoms with Crippen LogP contribution >= 0.6 is 0 Å². The van der Waals surface area contributed by atoms with Crippen LogP contribution < -0.4 is 5.32 Å². The van der Waals surface area contributed by atoms with Crippen LogP contribution in [-0.2, 0) is 9.47 Å². The molecule has 17 heavy (non-hydrogen) atoms. The van der Waals surface area contributed by atoms with Gasteiger partial charge in [-0.1, -0.05) is 13.8 Å². The highest BCUT2D eigenvalue weighted by Gasteiger charge is 2.36. The number of hydrogen-bond acceptors (Lipinski definition) is 3. The van der Waals surface area contributed by atoms with Gasteiger partial charge in [0.15, 0.2) is 0 Å². The molecule has 0 bridgehead atoms. The minimum Gasteiger partial charge on any atom is -0.377 e. The standard InChI is InChI=1S/C14H27NO2/c1-4-14(5-2)10-12(6-9-17-14)15-13-7-8-16-11(13)3/h11-13,15H,4-10H2,1-3H3. The molecule has 0 aliphatic carbocycles. The molecule has 2 saturated heterocycles. The summed E-state index contributed by atoms with van der Waals surface area (Å²) in [5.41, 5.74) is 0.124. The molecule has 0 saturated carbocycles. The molecule has 2 aliphatic heterocycles. The van der Waals surface area contributed by atoms with Crippen LogP contribution in [0.15, 0.2) is 0 Å². The van der Waals surface area contributed by atoms with Crippen molar-refractivity contribution < 1.29 is 9.47 Å². The first-order valence-corrected chi connectivity index (χ1v) is 7.20. The average molecular weight is 241 g/mol. The Morgan fingerprint density at radius 2 is 1.94 bits per heavy atom. The second kappa shape index (κ2) is 5.68. The summed E-state index contributed by atoms with van der Waals surface area (Å²) < 4.78 is 11.6. The van der Waals surface area contributed by atoms with E-state index in [1.54, 1.807) is 0 Å². The molecule has 3 atom stereocenters. The maximum Gasteiger partial charge on any atom is 0.0700 e. The number of hydrogen-bond donors (Lipinski definition) is 1. The van der Waals surface area contributed by atoms with Crippen LogP contribution in [0.3, 0.4) is 0 Å². The van der Waals surface area contributed by atoms with E-state index in [4.69, 9.17) is 9.47 Å². The van der Waals surface area contributed by atoms with Crippen molar-refractivity contribution in [2.45, 2.75) is 76.7 Å². The highest BCUT2D eigenvalue weighted by atomic mass is 16.5. The summed E-state index contributed by atoms with van der Waals surface area (Å²) in [5, 5.41) is 3.79. The Hall–Kier alpha value is -0.120. The van der Waals surface area contributed by atoms with Crippen LogP contribution in [-0.4, -0.2) is 37.0 Å². The van der Waals surface area contributed by atoms with Gasteiger partial charge in [-0.2, -0.15) is 0 Å². The van der Waals surface area contributed by atoms with E-state index in [1.807, 2.05) is 0 Å². The third kappa shape index (κ3) is 3.01. The van der Waals surface area contributed by atoms with Gasteiger partial charge in [-0.15, -0.1) is 0 Å². The lowest BCUT2D eigenvalue weighted by molar-refractivity contribution is -0.0946. The van der Waals surface area contributed by atoms with Gasteiger partial charge in [0.2, 0.25) is 0 Å². The molecule has 3 nitrogen and oxygen atoms in total. The first-order valence-electron chi connectivity index (χ1n) is 7.20. The fourth-order valence-corrected chi connectivity index (χ4v) is 3.17. The molecular weight excluding hydrogens is 214 g/mol. The Bertz CT molecular complexity index is 240. The van der Waals surface area contributed by atoms with Gasteiger partial charge in [-0.3, -0.25) is 0 Å². The summed E-state index contributed by atoms with van der Waals surface area (Å²) in [6.45, 7) is 8.48. The Kier molecular flexibility index (Phi) is 4.45. The van der Waals surface area contributed by atoms with Gasteiger partial charge in [-0.05, 0) is 39.0 Å². The van der Waals surface area contributed by atoms with E-state index in [1.165, 1.54) is 0 Å². The first kappa shape index (κ1) is 13.3. The molecule has 1 N–H and O–H groups in total. The smallest absolute Gasteiger partial charge is 0.0700 e. The average Bonchev–Trinajstić information content (AvgIpc) is 2.75. The van der Waals surface area contributed by atoms with E-state index in [0.29, 0.717) is 18.2 Å². The van der Waals surface area contributed by atoms with E-state index in [0.717, 1.165) is 45.3 Å². The maximum absolute atomic E-state index is 6.01. The minimum absolute atomic E-state index is 0.124.